The van der Waals surface area contributed by atoms with Crippen molar-refractivity contribution in [2.75, 3.05) is 0 Å². The lowest BCUT2D eigenvalue weighted by molar-refractivity contribution is 0.108. The van der Waals surface area contributed by atoms with Gasteiger partial charge in [-0.2, -0.15) is 0 Å². The number of rotatable bonds is 2. The van der Waals surface area contributed by atoms with Gasteiger partial charge in [0.15, 0.2) is 0 Å². The quantitative estimate of drug-likeness (QED) is 0.879. The number of hydrogen-bond acceptors (Lipinski definition) is 1. The highest BCUT2D eigenvalue weighted by Crippen LogP contribution is 2.28. The van der Waals surface area contributed by atoms with E-state index in [-0.39, 0.29) is 11.9 Å². The molecule has 16 heavy (non-hydrogen) atoms. The number of aliphatic hydroxyl groups excluding tert-OH is 1. The Kier molecular flexibility index (Phi) is 3.98. The molecule has 0 bridgehead atoms. The lowest BCUT2D eigenvalue weighted by Crippen LogP contribution is -2.19. The molecule has 3 heteroatoms. The van der Waals surface area contributed by atoms with Crippen LogP contribution in [0.2, 0.25) is 0 Å². The Morgan fingerprint density at radius 2 is 1.94 bits per heavy atom. The molecule has 1 saturated carbocycles. The Morgan fingerprint density at radius 1 is 1.25 bits per heavy atom. The molecule has 0 radical (unpaired) electrons. The van der Waals surface area contributed by atoms with Crippen molar-refractivity contribution in [2.45, 2.75) is 38.2 Å². The van der Waals surface area contributed by atoms with Gasteiger partial charge in [-0.25, -0.2) is 4.39 Å². The molecule has 1 aliphatic rings. The summed E-state index contributed by atoms with van der Waals surface area (Å²) in [6.07, 6.45) is 4.39. The molecule has 1 fully saturated rings. The number of aliphatic hydroxyl groups is 1. The van der Waals surface area contributed by atoms with Gasteiger partial charge in [-0.05, 0) is 61.8 Å². The van der Waals surface area contributed by atoms with E-state index >= 15 is 0 Å². The summed E-state index contributed by atoms with van der Waals surface area (Å²) in [5.74, 6) is 0.404. The molecule has 88 valence electrons. The fourth-order valence-corrected chi connectivity index (χ4v) is 2.77. The molecule has 1 aliphatic carbocycles. The van der Waals surface area contributed by atoms with Gasteiger partial charge in [-0.3, -0.25) is 0 Å². The molecule has 1 nitrogen and oxygen atoms in total. The Balaban J connectivity index is 2.00. The van der Waals surface area contributed by atoms with Crippen LogP contribution in [0.1, 0.15) is 31.2 Å². The van der Waals surface area contributed by atoms with Gasteiger partial charge < -0.3 is 5.11 Å². The molecule has 0 amide bonds. The maximum absolute atomic E-state index is 13.5. The van der Waals surface area contributed by atoms with E-state index in [1.165, 1.54) is 6.07 Å². The summed E-state index contributed by atoms with van der Waals surface area (Å²) in [5, 5.41) is 9.41. The van der Waals surface area contributed by atoms with Crippen LogP contribution < -0.4 is 0 Å². The Labute approximate surface area is 104 Å². The lowest BCUT2D eigenvalue weighted by atomic mass is 9.83. The van der Waals surface area contributed by atoms with Crippen LogP contribution in [0.15, 0.2) is 22.7 Å². The van der Waals surface area contributed by atoms with Crippen LogP contribution in [0.25, 0.3) is 0 Å². The third-order valence-corrected chi connectivity index (χ3v) is 3.83. The highest BCUT2D eigenvalue weighted by Gasteiger charge is 2.20. The van der Waals surface area contributed by atoms with Crippen molar-refractivity contribution < 1.29 is 9.50 Å². The molecule has 0 spiro atoms. The second-order valence-corrected chi connectivity index (χ2v) is 5.53. The second-order valence-electron chi connectivity index (χ2n) is 4.61. The van der Waals surface area contributed by atoms with Crippen LogP contribution in [-0.2, 0) is 6.42 Å². The molecule has 1 aromatic rings. The van der Waals surface area contributed by atoms with E-state index in [0.29, 0.717) is 5.92 Å². The van der Waals surface area contributed by atoms with E-state index in [4.69, 9.17) is 0 Å². The first kappa shape index (κ1) is 12.1. The zero-order valence-electron chi connectivity index (χ0n) is 9.13. The van der Waals surface area contributed by atoms with Gasteiger partial charge in [0, 0.05) is 4.47 Å². The monoisotopic (exact) mass is 286 g/mol. The second kappa shape index (κ2) is 5.28. The molecule has 1 aromatic carbocycles. The molecule has 0 aliphatic heterocycles. The topological polar surface area (TPSA) is 20.2 Å². The minimum atomic E-state index is -0.136. The van der Waals surface area contributed by atoms with E-state index in [1.54, 1.807) is 6.07 Å². The van der Waals surface area contributed by atoms with Gasteiger partial charge >= 0.3 is 0 Å². The fraction of sp³-hybridized carbons (Fsp3) is 0.538. The van der Waals surface area contributed by atoms with Crippen LogP contribution in [0.5, 0.6) is 0 Å². The summed E-state index contributed by atoms with van der Waals surface area (Å²) in [5.41, 5.74) is 0.788. The average Bonchev–Trinajstić information content (AvgIpc) is 2.27. The first-order chi connectivity index (χ1) is 7.65. The van der Waals surface area contributed by atoms with Gasteiger partial charge in [0.25, 0.3) is 0 Å². The normalized spacial score (nSPS) is 25.7. The Bertz CT molecular complexity index is 359. The predicted octanol–water partition coefficient (Wildman–Crippen LogP) is 3.68. The van der Waals surface area contributed by atoms with Crippen molar-refractivity contribution in [2.24, 2.45) is 5.92 Å². The summed E-state index contributed by atoms with van der Waals surface area (Å²) >= 11 is 3.36. The van der Waals surface area contributed by atoms with Crippen molar-refractivity contribution in [1.29, 1.82) is 0 Å². The number of benzene rings is 1. The Morgan fingerprint density at radius 3 is 2.62 bits per heavy atom. The van der Waals surface area contributed by atoms with Gasteiger partial charge in [0.1, 0.15) is 5.82 Å². The van der Waals surface area contributed by atoms with Gasteiger partial charge in [-0.1, -0.05) is 15.9 Å². The summed E-state index contributed by atoms with van der Waals surface area (Å²) in [6.45, 7) is 0. The average molecular weight is 287 g/mol. The third-order valence-electron chi connectivity index (χ3n) is 3.33. The van der Waals surface area contributed by atoms with Crippen molar-refractivity contribution in [1.82, 2.24) is 0 Å². The molecular weight excluding hydrogens is 271 g/mol. The summed E-state index contributed by atoms with van der Waals surface area (Å²) in [4.78, 5) is 0. The number of halogens is 2. The Hall–Kier alpha value is -0.410. The zero-order chi connectivity index (χ0) is 11.5. The molecule has 2 rings (SSSR count). The SMILES string of the molecule is OC1CCC(Cc2cc(Br)ccc2F)CC1. The van der Waals surface area contributed by atoms with E-state index < -0.39 is 0 Å². The first-order valence-corrected chi connectivity index (χ1v) is 6.56. The zero-order valence-corrected chi connectivity index (χ0v) is 10.7. The molecule has 0 aromatic heterocycles. The molecule has 1 N–H and O–H groups in total. The summed E-state index contributed by atoms with van der Waals surface area (Å²) in [7, 11) is 0. The summed E-state index contributed by atoms with van der Waals surface area (Å²) < 4.78 is 14.5. The van der Waals surface area contributed by atoms with E-state index in [1.807, 2.05) is 6.07 Å². The number of hydrogen-bond donors (Lipinski definition) is 1. The van der Waals surface area contributed by atoms with Gasteiger partial charge in [0.05, 0.1) is 6.10 Å². The standard InChI is InChI=1S/C13H16BrFO/c14-11-3-6-13(15)10(8-11)7-9-1-4-12(16)5-2-9/h3,6,8-9,12,16H,1-2,4-5,7H2. The molecule has 0 unspecified atom stereocenters. The van der Waals surface area contributed by atoms with Crippen LogP contribution >= 0.6 is 15.9 Å². The largest absolute Gasteiger partial charge is 0.393 e. The van der Waals surface area contributed by atoms with Crippen LogP contribution in [-0.4, -0.2) is 11.2 Å². The molecular formula is C13H16BrFO. The first-order valence-electron chi connectivity index (χ1n) is 5.77. The fourth-order valence-electron chi connectivity index (χ4n) is 2.36. The highest BCUT2D eigenvalue weighted by molar-refractivity contribution is 9.10. The smallest absolute Gasteiger partial charge is 0.126 e. The van der Waals surface area contributed by atoms with Crippen LogP contribution in [0.4, 0.5) is 4.39 Å². The van der Waals surface area contributed by atoms with Crippen molar-refractivity contribution >= 4 is 15.9 Å². The molecule has 0 saturated heterocycles. The predicted molar refractivity (Wildman–Crippen MR) is 65.8 cm³/mol. The minimum absolute atomic E-state index is 0.116. The van der Waals surface area contributed by atoms with Crippen molar-refractivity contribution in [3.8, 4) is 0 Å². The summed E-state index contributed by atoms with van der Waals surface area (Å²) in [6, 6.07) is 5.10. The van der Waals surface area contributed by atoms with Crippen LogP contribution in [0, 0.1) is 11.7 Å². The van der Waals surface area contributed by atoms with Crippen molar-refractivity contribution in [3.63, 3.8) is 0 Å². The van der Waals surface area contributed by atoms with E-state index in [9.17, 15) is 9.50 Å². The molecule has 0 atom stereocenters. The maximum Gasteiger partial charge on any atom is 0.126 e. The van der Waals surface area contributed by atoms with Crippen molar-refractivity contribution in [3.05, 3.63) is 34.1 Å². The molecule has 0 heterocycles. The third kappa shape index (κ3) is 3.05. The maximum atomic E-state index is 13.5. The lowest BCUT2D eigenvalue weighted by Gasteiger charge is -2.25. The van der Waals surface area contributed by atoms with E-state index in [0.717, 1.165) is 42.1 Å². The minimum Gasteiger partial charge on any atom is -0.393 e. The highest BCUT2D eigenvalue weighted by atomic mass is 79.9. The van der Waals surface area contributed by atoms with E-state index in [2.05, 4.69) is 15.9 Å². The van der Waals surface area contributed by atoms with Gasteiger partial charge in [0.2, 0.25) is 0 Å². The van der Waals surface area contributed by atoms with Crippen LogP contribution in [0.3, 0.4) is 0 Å². The van der Waals surface area contributed by atoms with Gasteiger partial charge in [-0.15, -0.1) is 0 Å².